The van der Waals surface area contributed by atoms with Crippen molar-refractivity contribution >= 4 is 18.3 Å². The predicted octanol–water partition coefficient (Wildman–Crippen LogP) is 2.82. The van der Waals surface area contributed by atoms with Gasteiger partial charge < -0.3 is 15.4 Å². The summed E-state index contributed by atoms with van der Waals surface area (Å²) < 4.78 is 19.2. The quantitative estimate of drug-likeness (QED) is 0.926. The van der Waals surface area contributed by atoms with E-state index in [4.69, 9.17) is 10.5 Å². The zero-order valence-corrected chi connectivity index (χ0v) is 14.1. The molecular formula is C18H20ClFN2O2. The van der Waals surface area contributed by atoms with Gasteiger partial charge in [-0.2, -0.15) is 0 Å². The van der Waals surface area contributed by atoms with Crippen LogP contribution in [0.4, 0.5) is 4.39 Å². The Morgan fingerprint density at radius 1 is 1.17 bits per heavy atom. The highest BCUT2D eigenvalue weighted by Crippen LogP contribution is 2.30. The summed E-state index contributed by atoms with van der Waals surface area (Å²) in [6, 6.07) is 14.0. The van der Waals surface area contributed by atoms with Gasteiger partial charge in [0, 0.05) is 25.0 Å². The first kappa shape index (κ1) is 18.2. The van der Waals surface area contributed by atoms with Gasteiger partial charge in [0.15, 0.2) is 0 Å². The molecule has 1 aliphatic rings. The number of hydrogen-bond acceptors (Lipinski definition) is 3. The molecule has 24 heavy (non-hydrogen) atoms. The molecule has 0 saturated carbocycles. The van der Waals surface area contributed by atoms with Crippen molar-refractivity contribution in [3.8, 4) is 5.75 Å². The first-order chi connectivity index (χ1) is 11.1. The lowest BCUT2D eigenvalue weighted by Crippen LogP contribution is -2.32. The van der Waals surface area contributed by atoms with Crippen molar-refractivity contribution in [1.82, 2.24) is 4.90 Å². The van der Waals surface area contributed by atoms with E-state index < -0.39 is 5.82 Å². The average Bonchev–Trinajstić information content (AvgIpc) is 2.96. The van der Waals surface area contributed by atoms with Crippen molar-refractivity contribution in [3.63, 3.8) is 0 Å². The van der Waals surface area contributed by atoms with Gasteiger partial charge in [-0.15, -0.1) is 12.4 Å². The molecule has 0 spiro atoms. The Labute approximate surface area is 146 Å². The number of benzene rings is 2. The highest BCUT2D eigenvalue weighted by atomic mass is 35.5. The lowest BCUT2D eigenvalue weighted by atomic mass is 9.95. The fourth-order valence-corrected chi connectivity index (χ4v) is 3.09. The molecule has 0 bridgehead atoms. The Balaban J connectivity index is 0.00000208. The third kappa shape index (κ3) is 3.37. The van der Waals surface area contributed by atoms with Crippen molar-refractivity contribution in [2.45, 2.75) is 12.0 Å². The number of likely N-dealkylation sites (tertiary alicyclic amines) is 1. The van der Waals surface area contributed by atoms with Crippen LogP contribution in [0.1, 0.15) is 21.8 Å². The van der Waals surface area contributed by atoms with Crippen molar-refractivity contribution in [3.05, 3.63) is 65.5 Å². The van der Waals surface area contributed by atoms with Gasteiger partial charge in [0.1, 0.15) is 17.1 Å². The molecule has 6 heteroatoms. The summed E-state index contributed by atoms with van der Waals surface area (Å²) in [6.45, 7) is 0.872. The molecule has 1 amide bonds. The number of nitrogens with zero attached hydrogens (tertiary/aromatic N) is 1. The highest BCUT2D eigenvalue weighted by Gasteiger charge is 2.35. The molecule has 1 heterocycles. The summed E-state index contributed by atoms with van der Waals surface area (Å²) in [7, 11) is 1.42. The Kier molecular flexibility index (Phi) is 5.80. The summed E-state index contributed by atoms with van der Waals surface area (Å²) in [5, 5.41) is 0. The van der Waals surface area contributed by atoms with E-state index in [9.17, 15) is 9.18 Å². The van der Waals surface area contributed by atoms with Gasteiger partial charge in [-0.1, -0.05) is 36.4 Å². The Morgan fingerprint density at radius 3 is 2.54 bits per heavy atom. The Hall–Kier alpha value is -2.11. The number of halogens is 2. The van der Waals surface area contributed by atoms with Crippen LogP contribution >= 0.6 is 12.4 Å². The molecule has 0 aliphatic carbocycles. The van der Waals surface area contributed by atoms with Gasteiger partial charge in [0.05, 0.1) is 7.11 Å². The minimum Gasteiger partial charge on any atom is -0.496 e. The molecule has 128 valence electrons. The normalized spacial score (nSPS) is 19.7. The zero-order valence-electron chi connectivity index (χ0n) is 13.3. The second kappa shape index (κ2) is 7.64. The SMILES string of the molecule is COc1cccc(F)c1C(=O)N1C[C@@H](N)[C@H](c2ccccc2)C1.Cl. The third-order valence-electron chi connectivity index (χ3n) is 4.29. The second-order valence-electron chi connectivity index (χ2n) is 5.71. The van der Waals surface area contributed by atoms with E-state index in [-0.39, 0.29) is 41.6 Å². The van der Waals surface area contributed by atoms with Gasteiger partial charge in [-0.25, -0.2) is 4.39 Å². The van der Waals surface area contributed by atoms with Crippen molar-refractivity contribution < 1.29 is 13.9 Å². The summed E-state index contributed by atoms with van der Waals surface area (Å²) in [5.74, 6) is -0.662. The number of carbonyl (C=O) groups excluding carboxylic acids is 1. The minimum atomic E-state index is -0.578. The van der Waals surface area contributed by atoms with Crippen LogP contribution in [0.2, 0.25) is 0 Å². The average molecular weight is 351 g/mol. The summed E-state index contributed by atoms with van der Waals surface area (Å²) in [6.07, 6.45) is 0. The third-order valence-corrected chi connectivity index (χ3v) is 4.29. The molecule has 0 radical (unpaired) electrons. The van der Waals surface area contributed by atoms with Crippen LogP contribution in [0, 0.1) is 5.82 Å². The number of methoxy groups -OCH3 is 1. The molecule has 1 fully saturated rings. The van der Waals surface area contributed by atoms with E-state index >= 15 is 0 Å². The van der Waals surface area contributed by atoms with Crippen LogP contribution in [0.25, 0.3) is 0 Å². The van der Waals surface area contributed by atoms with Crippen LogP contribution < -0.4 is 10.5 Å². The van der Waals surface area contributed by atoms with Crippen LogP contribution in [0.5, 0.6) is 5.75 Å². The summed E-state index contributed by atoms with van der Waals surface area (Å²) >= 11 is 0. The minimum absolute atomic E-state index is 0. The predicted molar refractivity (Wildman–Crippen MR) is 93.3 cm³/mol. The number of carbonyl (C=O) groups is 1. The summed E-state index contributed by atoms with van der Waals surface area (Å²) in [4.78, 5) is 14.3. The van der Waals surface area contributed by atoms with Crippen LogP contribution in [-0.4, -0.2) is 37.0 Å². The lowest BCUT2D eigenvalue weighted by molar-refractivity contribution is 0.0781. The van der Waals surface area contributed by atoms with E-state index in [0.717, 1.165) is 5.56 Å². The topological polar surface area (TPSA) is 55.6 Å². The lowest BCUT2D eigenvalue weighted by Gasteiger charge is -2.18. The van der Waals surface area contributed by atoms with Gasteiger partial charge >= 0.3 is 0 Å². The molecule has 3 rings (SSSR count). The highest BCUT2D eigenvalue weighted by molar-refractivity contribution is 5.97. The summed E-state index contributed by atoms with van der Waals surface area (Å²) in [5.41, 5.74) is 7.27. The number of amides is 1. The fourth-order valence-electron chi connectivity index (χ4n) is 3.09. The van der Waals surface area contributed by atoms with Crippen LogP contribution in [-0.2, 0) is 0 Å². The van der Waals surface area contributed by atoms with Crippen LogP contribution in [0.3, 0.4) is 0 Å². The molecule has 1 saturated heterocycles. The molecule has 2 atom stereocenters. The number of hydrogen-bond donors (Lipinski definition) is 1. The van der Waals surface area contributed by atoms with E-state index in [2.05, 4.69) is 0 Å². The Morgan fingerprint density at radius 2 is 1.88 bits per heavy atom. The fraction of sp³-hybridized carbons (Fsp3) is 0.278. The van der Waals surface area contributed by atoms with E-state index in [0.29, 0.717) is 13.1 Å². The first-order valence-electron chi connectivity index (χ1n) is 7.54. The second-order valence-corrected chi connectivity index (χ2v) is 5.71. The van der Waals surface area contributed by atoms with Crippen LogP contribution in [0.15, 0.2) is 48.5 Å². The smallest absolute Gasteiger partial charge is 0.260 e. The van der Waals surface area contributed by atoms with E-state index in [1.807, 2.05) is 30.3 Å². The van der Waals surface area contributed by atoms with E-state index in [1.54, 1.807) is 11.0 Å². The molecule has 0 aromatic heterocycles. The van der Waals surface area contributed by atoms with Gasteiger partial charge in [0.25, 0.3) is 5.91 Å². The number of rotatable bonds is 3. The van der Waals surface area contributed by atoms with Crippen molar-refractivity contribution in [1.29, 1.82) is 0 Å². The molecule has 2 N–H and O–H groups in total. The maximum Gasteiger partial charge on any atom is 0.260 e. The maximum absolute atomic E-state index is 14.1. The van der Waals surface area contributed by atoms with E-state index in [1.165, 1.54) is 19.2 Å². The van der Waals surface area contributed by atoms with Gasteiger partial charge in [-0.3, -0.25) is 4.79 Å². The molecule has 0 unspecified atom stereocenters. The molecule has 4 nitrogen and oxygen atoms in total. The maximum atomic E-state index is 14.1. The largest absolute Gasteiger partial charge is 0.496 e. The van der Waals surface area contributed by atoms with Crippen molar-refractivity contribution in [2.24, 2.45) is 5.73 Å². The van der Waals surface area contributed by atoms with Gasteiger partial charge in [-0.05, 0) is 17.7 Å². The molecule has 2 aromatic rings. The number of nitrogens with two attached hydrogens (primary N) is 1. The monoisotopic (exact) mass is 350 g/mol. The molecule has 1 aliphatic heterocycles. The Bertz CT molecular complexity index is 711. The molecule has 2 aromatic carbocycles. The zero-order chi connectivity index (χ0) is 16.4. The van der Waals surface area contributed by atoms with Gasteiger partial charge in [0.2, 0.25) is 0 Å². The van der Waals surface area contributed by atoms with Crippen molar-refractivity contribution in [2.75, 3.05) is 20.2 Å². The number of ether oxygens (including phenoxy) is 1. The first-order valence-corrected chi connectivity index (χ1v) is 7.54. The molecular weight excluding hydrogens is 331 g/mol. The standard InChI is InChI=1S/C18H19FN2O2.ClH/c1-23-16-9-5-8-14(19)17(16)18(22)21-10-13(15(20)11-21)12-6-3-2-4-7-12;/h2-9,13,15H,10-11,20H2,1H3;1H/t13-,15+;/m0./s1.